The van der Waals surface area contributed by atoms with Crippen molar-refractivity contribution in [2.45, 2.75) is 256 Å². The van der Waals surface area contributed by atoms with Crippen LogP contribution in [0.15, 0.2) is 48.6 Å². The van der Waals surface area contributed by atoms with Gasteiger partial charge in [0.2, 0.25) is 0 Å². The predicted molar refractivity (Wildman–Crippen MR) is 256 cm³/mol. The molecule has 10 heteroatoms. The average Bonchev–Trinajstić information content (AvgIpc) is 3.28. The minimum atomic E-state index is -1.60. The molecule has 1 aliphatic heterocycles. The number of carbonyl (C=O) groups is 2. The normalized spacial score (nSPS) is 19.9. The number of carbonyl (C=O) groups excluding carboxylic acids is 2. The van der Waals surface area contributed by atoms with E-state index in [9.17, 15) is 30.0 Å². The molecule has 0 aliphatic carbocycles. The van der Waals surface area contributed by atoms with Gasteiger partial charge in [-0.05, 0) is 51.4 Å². The van der Waals surface area contributed by atoms with Gasteiger partial charge in [0.05, 0.1) is 13.2 Å². The topological polar surface area (TPSA) is 152 Å². The Morgan fingerprint density at radius 2 is 0.905 bits per heavy atom. The second-order valence-corrected chi connectivity index (χ2v) is 17.6. The van der Waals surface area contributed by atoms with E-state index in [-0.39, 0.29) is 26.1 Å². The number of hydrogen-bond acceptors (Lipinski definition) is 10. The average molecular weight is 891 g/mol. The molecule has 0 aromatic carbocycles. The number of esters is 2. The number of aliphatic hydroxyl groups is 4. The summed E-state index contributed by atoms with van der Waals surface area (Å²) in [7, 11) is 0. The Bertz CT molecular complexity index is 1170. The van der Waals surface area contributed by atoms with Crippen LogP contribution in [0, 0.1) is 0 Å². The van der Waals surface area contributed by atoms with Crippen molar-refractivity contribution in [2.75, 3.05) is 19.8 Å². The highest BCUT2D eigenvalue weighted by atomic mass is 16.7. The van der Waals surface area contributed by atoms with Crippen molar-refractivity contribution in [2.24, 2.45) is 0 Å². The summed E-state index contributed by atoms with van der Waals surface area (Å²) in [4.78, 5) is 25.4. The minimum Gasteiger partial charge on any atom is -0.462 e. The van der Waals surface area contributed by atoms with E-state index >= 15 is 0 Å². The zero-order valence-electron chi connectivity index (χ0n) is 40.1. The molecule has 1 heterocycles. The van der Waals surface area contributed by atoms with Gasteiger partial charge < -0.3 is 39.4 Å². The molecule has 0 aromatic heterocycles. The summed E-state index contributed by atoms with van der Waals surface area (Å²) < 4.78 is 22.2. The highest BCUT2D eigenvalue weighted by molar-refractivity contribution is 5.70. The van der Waals surface area contributed by atoms with Gasteiger partial charge in [-0.3, -0.25) is 9.59 Å². The standard InChI is InChI=1S/C53H94O10/c1-3-5-7-9-11-13-15-17-19-21-22-23-24-26-27-29-31-33-35-37-39-41-48(55)60-44-46(45-61-53-52(59)51(58)50(57)47(43-54)63-53)62-49(56)42-40-38-36-34-32-30-28-25-20-18-16-14-12-10-8-6-4-2/h19,21,23-24,27,29,33,35,46-47,50-54,57-59H,3-18,20,22,25-26,28,30-32,34,36-45H2,1-2H3/b21-19+,24-23+,29-27+,35-33+/t46-,47-,50+,51?,52?,53-/m0/s1. The second-order valence-electron chi connectivity index (χ2n) is 17.6. The monoisotopic (exact) mass is 891 g/mol. The molecule has 1 fully saturated rings. The summed E-state index contributed by atoms with van der Waals surface area (Å²) >= 11 is 0. The van der Waals surface area contributed by atoms with Gasteiger partial charge in [0, 0.05) is 12.8 Å². The fourth-order valence-electron chi connectivity index (χ4n) is 7.65. The largest absolute Gasteiger partial charge is 0.462 e. The van der Waals surface area contributed by atoms with E-state index in [1.807, 2.05) is 0 Å². The zero-order valence-corrected chi connectivity index (χ0v) is 40.1. The molecular weight excluding hydrogens is 797 g/mol. The fraction of sp³-hybridized carbons (Fsp3) is 0.811. The summed E-state index contributed by atoms with van der Waals surface area (Å²) in [5.74, 6) is -0.865. The first-order chi connectivity index (χ1) is 30.8. The molecule has 6 atom stereocenters. The third-order valence-corrected chi connectivity index (χ3v) is 11.7. The van der Waals surface area contributed by atoms with Gasteiger partial charge in [0.1, 0.15) is 31.0 Å². The Labute approximate surface area is 384 Å². The van der Waals surface area contributed by atoms with Crippen molar-refractivity contribution in [3.05, 3.63) is 48.6 Å². The molecule has 0 radical (unpaired) electrons. The first-order valence-corrected chi connectivity index (χ1v) is 25.7. The number of hydrogen-bond donors (Lipinski definition) is 4. The molecular formula is C53H94O10. The van der Waals surface area contributed by atoms with Gasteiger partial charge in [-0.25, -0.2) is 0 Å². The van der Waals surface area contributed by atoms with Crippen LogP contribution in [0.5, 0.6) is 0 Å². The number of rotatable bonds is 43. The van der Waals surface area contributed by atoms with Crippen molar-refractivity contribution in [1.82, 2.24) is 0 Å². The van der Waals surface area contributed by atoms with Crippen LogP contribution in [-0.4, -0.2) is 89.0 Å². The Morgan fingerprint density at radius 1 is 0.492 bits per heavy atom. The maximum atomic E-state index is 12.8. The summed E-state index contributed by atoms with van der Waals surface area (Å²) in [6, 6.07) is 0. The minimum absolute atomic E-state index is 0.200. The SMILES string of the molecule is CCCCCCCCC/C=C/C/C=C/C/C=C/C/C=C/CCCC(=O)OC[C@@H](CO[C@H]1O[C@@H](CO)[C@@H](O)C(O)C1O)OC(=O)CCCCCCCCCCCCCCCCCCC. The Morgan fingerprint density at radius 3 is 1.38 bits per heavy atom. The Kier molecular flexibility index (Phi) is 40.6. The molecule has 4 N–H and O–H groups in total. The van der Waals surface area contributed by atoms with Crippen LogP contribution in [0.25, 0.3) is 0 Å². The van der Waals surface area contributed by atoms with Crippen LogP contribution in [0.3, 0.4) is 0 Å². The summed E-state index contributed by atoms with van der Waals surface area (Å²) in [5.41, 5.74) is 0. The smallest absolute Gasteiger partial charge is 0.306 e. The van der Waals surface area contributed by atoms with Crippen molar-refractivity contribution >= 4 is 11.9 Å². The highest BCUT2D eigenvalue weighted by Gasteiger charge is 2.44. The molecule has 2 unspecified atom stereocenters. The van der Waals surface area contributed by atoms with Gasteiger partial charge in [-0.2, -0.15) is 0 Å². The van der Waals surface area contributed by atoms with E-state index in [2.05, 4.69) is 62.5 Å². The summed E-state index contributed by atoms with van der Waals surface area (Å²) in [5, 5.41) is 40.2. The van der Waals surface area contributed by atoms with Crippen molar-refractivity contribution in [3.63, 3.8) is 0 Å². The van der Waals surface area contributed by atoms with E-state index in [0.29, 0.717) is 12.8 Å². The molecule has 0 spiro atoms. The summed E-state index contributed by atoms with van der Waals surface area (Å²) in [6.45, 7) is 3.39. The number of ether oxygens (including phenoxy) is 4. The van der Waals surface area contributed by atoms with Crippen LogP contribution in [0.1, 0.15) is 219 Å². The molecule has 0 amide bonds. The van der Waals surface area contributed by atoms with Crippen LogP contribution < -0.4 is 0 Å². The van der Waals surface area contributed by atoms with E-state index in [0.717, 1.165) is 44.9 Å². The fourth-order valence-corrected chi connectivity index (χ4v) is 7.65. The van der Waals surface area contributed by atoms with Crippen molar-refractivity contribution in [3.8, 4) is 0 Å². The molecule has 366 valence electrons. The molecule has 1 rings (SSSR count). The molecule has 63 heavy (non-hydrogen) atoms. The molecule has 10 nitrogen and oxygen atoms in total. The van der Waals surface area contributed by atoms with E-state index < -0.39 is 55.4 Å². The highest BCUT2D eigenvalue weighted by Crippen LogP contribution is 2.23. The van der Waals surface area contributed by atoms with E-state index in [1.165, 1.54) is 135 Å². The third kappa shape index (κ3) is 34.6. The molecule has 0 aromatic rings. The molecule has 0 bridgehead atoms. The summed E-state index contributed by atoms with van der Waals surface area (Å²) in [6.07, 6.45) is 45.5. The van der Waals surface area contributed by atoms with Gasteiger partial charge in [0.15, 0.2) is 12.4 Å². The van der Waals surface area contributed by atoms with Gasteiger partial charge in [-0.15, -0.1) is 0 Å². The van der Waals surface area contributed by atoms with Gasteiger partial charge >= 0.3 is 11.9 Å². The van der Waals surface area contributed by atoms with Crippen molar-refractivity contribution < 1.29 is 49.0 Å². The van der Waals surface area contributed by atoms with Crippen LogP contribution in [0.2, 0.25) is 0 Å². The first kappa shape index (κ1) is 58.7. The van der Waals surface area contributed by atoms with E-state index in [4.69, 9.17) is 18.9 Å². The molecule has 1 aliphatic rings. The quantitative estimate of drug-likeness (QED) is 0.0264. The maximum absolute atomic E-state index is 12.8. The molecule has 1 saturated heterocycles. The lowest BCUT2D eigenvalue weighted by molar-refractivity contribution is -0.305. The van der Waals surface area contributed by atoms with E-state index in [1.54, 1.807) is 0 Å². The van der Waals surface area contributed by atoms with Crippen LogP contribution in [-0.2, 0) is 28.5 Å². The Hall–Kier alpha value is -2.34. The lowest BCUT2D eigenvalue weighted by atomic mass is 9.99. The maximum Gasteiger partial charge on any atom is 0.306 e. The third-order valence-electron chi connectivity index (χ3n) is 11.7. The molecule has 0 saturated carbocycles. The van der Waals surface area contributed by atoms with Crippen LogP contribution >= 0.6 is 0 Å². The zero-order chi connectivity index (χ0) is 45.9. The lowest BCUT2D eigenvalue weighted by Gasteiger charge is -2.39. The van der Waals surface area contributed by atoms with Crippen molar-refractivity contribution in [1.29, 1.82) is 0 Å². The number of unbranched alkanes of at least 4 members (excludes halogenated alkanes) is 24. The number of aliphatic hydroxyl groups excluding tert-OH is 4. The van der Waals surface area contributed by atoms with Gasteiger partial charge in [0.25, 0.3) is 0 Å². The number of allylic oxidation sites excluding steroid dienone is 8. The predicted octanol–water partition coefficient (Wildman–Crippen LogP) is 12.0. The Balaban J connectivity index is 2.31. The lowest BCUT2D eigenvalue weighted by Crippen LogP contribution is -2.59. The first-order valence-electron chi connectivity index (χ1n) is 25.7. The second kappa shape index (κ2) is 43.5. The van der Waals surface area contributed by atoms with Gasteiger partial charge in [-0.1, -0.05) is 204 Å². The van der Waals surface area contributed by atoms with Crippen LogP contribution in [0.4, 0.5) is 0 Å².